The van der Waals surface area contributed by atoms with Crippen molar-refractivity contribution in [3.63, 3.8) is 0 Å². The van der Waals surface area contributed by atoms with Gasteiger partial charge in [-0.3, -0.25) is 0 Å². The second-order valence-corrected chi connectivity index (χ2v) is 2.84. The molecule has 0 fully saturated rings. The molecule has 13 heavy (non-hydrogen) atoms. The molecule has 0 radical (unpaired) electrons. The Labute approximate surface area is 80.0 Å². The fraction of sp³-hybridized carbons (Fsp3) is 0.400. The van der Waals surface area contributed by atoms with Crippen LogP contribution >= 0.6 is 0 Å². The van der Waals surface area contributed by atoms with Gasteiger partial charge >= 0.3 is 6.92 Å². The Hall–Kier alpha value is -0.955. The third-order valence-electron chi connectivity index (χ3n) is 1.99. The smallest absolute Gasteiger partial charge is 0.327 e. The van der Waals surface area contributed by atoms with Crippen LogP contribution in [0.4, 0.5) is 0 Å². The SMILES string of the molecule is CCOB(C)c1ccccc1OC. The van der Waals surface area contributed by atoms with Crippen molar-refractivity contribution in [1.82, 2.24) is 0 Å². The highest BCUT2D eigenvalue weighted by Gasteiger charge is 2.14. The van der Waals surface area contributed by atoms with Crippen molar-refractivity contribution in [3.05, 3.63) is 24.3 Å². The average molecular weight is 178 g/mol. The van der Waals surface area contributed by atoms with E-state index in [0.717, 1.165) is 17.8 Å². The van der Waals surface area contributed by atoms with Gasteiger partial charge in [0.1, 0.15) is 5.75 Å². The standard InChI is InChI=1S/C10H15BO2/c1-4-13-11(2)9-7-5-6-8-10(9)12-3/h5-8H,4H2,1-3H3. The summed E-state index contributed by atoms with van der Waals surface area (Å²) in [5, 5.41) is 0. The predicted molar refractivity (Wildman–Crippen MR) is 55.9 cm³/mol. The molecular weight excluding hydrogens is 163 g/mol. The lowest BCUT2D eigenvalue weighted by Crippen LogP contribution is -2.31. The maximum atomic E-state index is 5.49. The van der Waals surface area contributed by atoms with E-state index in [1.807, 2.05) is 38.0 Å². The van der Waals surface area contributed by atoms with E-state index in [9.17, 15) is 0 Å². The maximum absolute atomic E-state index is 5.49. The lowest BCUT2D eigenvalue weighted by atomic mass is 9.63. The topological polar surface area (TPSA) is 18.5 Å². The van der Waals surface area contributed by atoms with Gasteiger partial charge in [0, 0.05) is 6.61 Å². The Morgan fingerprint density at radius 1 is 1.31 bits per heavy atom. The number of benzene rings is 1. The van der Waals surface area contributed by atoms with Crippen LogP contribution in [0.25, 0.3) is 0 Å². The van der Waals surface area contributed by atoms with Gasteiger partial charge in [-0.05, 0) is 18.5 Å². The largest absolute Gasteiger partial charge is 0.497 e. The van der Waals surface area contributed by atoms with E-state index in [0.29, 0.717) is 0 Å². The summed E-state index contributed by atoms with van der Waals surface area (Å²) in [7, 11) is 1.68. The Morgan fingerprint density at radius 3 is 2.62 bits per heavy atom. The third kappa shape index (κ3) is 2.49. The zero-order valence-electron chi connectivity index (χ0n) is 8.41. The van der Waals surface area contributed by atoms with Crippen LogP contribution in [0.2, 0.25) is 6.82 Å². The molecule has 0 N–H and O–H groups in total. The van der Waals surface area contributed by atoms with Gasteiger partial charge in [0.2, 0.25) is 0 Å². The molecule has 0 aliphatic rings. The van der Waals surface area contributed by atoms with Crippen LogP contribution in [-0.2, 0) is 4.65 Å². The molecule has 2 nitrogen and oxygen atoms in total. The van der Waals surface area contributed by atoms with Crippen LogP contribution in [0.15, 0.2) is 24.3 Å². The molecule has 0 aliphatic heterocycles. The van der Waals surface area contributed by atoms with Gasteiger partial charge in [0.05, 0.1) is 7.11 Å². The maximum Gasteiger partial charge on any atom is 0.327 e. The van der Waals surface area contributed by atoms with Crippen molar-refractivity contribution in [2.45, 2.75) is 13.7 Å². The molecule has 0 aliphatic carbocycles. The molecule has 0 aromatic heterocycles. The number of hydrogen-bond donors (Lipinski definition) is 0. The first-order valence-electron chi connectivity index (χ1n) is 4.54. The molecule has 0 saturated carbocycles. The molecule has 0 atom stereocenters. The van der Waals surface area contributed by atoms with Crippen LogP contribution < -0.4 is 10.2 Å². The molecule has 0 saturated heterocycles. The average Bonchev–Trinajstić information content (AvgIpc) is 2.18. The molecule has 0 spiro atoms. The Balaban J connectivity index is 2.85. The van der Waals surface area contributed by atoms with Crippen molar-refractivity contribution in [1.29, 1.82) is 0 Å². The molecular formula is C10H15BO2. The highest BCUT2D eigenvalue weighted by molar-refractivity contribution is 6.67. The highest BCUT2D eigenvalue weighted by atomic mass is 16.5. The number of methoxy groups -OCH3 is 1. The Kier molecular flexibility index (Phi) is 3.84. The molecule has 70 valence electrons. The number of ether oxygens (including phenoxy) is 1. The zero-order valence-corrected chi connectivity index (χ0v) is 8.41. The van der Waals surface area contributed by atoms with Crippen LogP contribution in [0.1, 0.15) is 6.92 Å². The molecule has 3 heteroatoms. The van der Waals surface area contributed by atoms with Gasteiger partial charge in [-0.2, -0.15) is 0 Å². The van der Waals surface area contributed by atoms with Gasteiger partial charge in [0.15, 0.2) is 0 Å². The van der Waals surface area contributed by atoms with Crippen LogP contribution in [0.3, 0.4) is 0 Å². The molecule has 1 aromatic rings. The Morgan fingerprint density at radius 2 is 2.00 bits per heavy atom. The molecule has 1 aromatic carbocycles. The van der Waals surface area contributed by atoms with Crippen molar-refractivity contribution in [2.24, 2.45) is 0 Å². The van der Waals surface area contributed by atoms with Crippen LogP contribution in [0, 0.1) is 0 Å². The first-order valence-corrected chi connectivity index (χ1v) is 4.54. The second-order valence-electron chi connectivity index (χ2n) is 2.84. The number of para-hydroxylation sites is 1. The summed E-state index contributed by atoms with van der Waals surface area (Å²) in [6.45, 7) is 4.84. The lowest BCUT2D eigenvalue weighted by Gasteiger charge is -2.12. The Bertz CT molecular complexity index is 263. The highest BCUT2D eigenvalue weighted by Crippen LogP contribution is 2.07. The lowest BCUT2D eigenvalue weighted by molar-refractivity contribution is 0.352. The normalized spacial score (nSPS) is 9.77. The van der Waals surface area contributed by atoms with E-state index in [-0.39, 0.29) is 6.92 Å². The predicted octanol–water partition coefficient (Wildman–Crippen LogP) is 1.56. The molecule has 0 amide bonds. The first-order chi connectivity index (χ1) is 6.29. The monoisotopic (exact) mass is 178 g/mol. The van der Waals surface area contributed by atoms with Crippen molar-refractivity contribution in [2.75, 3.05) is 13.7 Å². The summed E-state index contributed by atoms with van der Waals surface area (Å²) in [5.41, 5.74) is 1.10. The summed E-state index contributed by atoms with van der Waals surface area (Å²) in [6.07, 6.45) is 0. The fourth-order valence-electron chi connectivity index (χ4n) is 1.34. The van der Waals surface area contributed by atoms with Gasteiger partial charge in [-0.25, -0.2) is 0 Å². The summed E-state index contributed by atoms with van der Waals surface area (Å²) < 4.78 is 10.7. The zero-order chi connectivity index (χ0) is 9.68. The van der Waals surface area contributed by atoms with Gasteiger partial charge in [-0.15, -0.1) is 0 Å². The van der Waals surface area contributed by atoms with Gasteiger partial charge < -0.3 is 9.39 Å². The van der Waals surface area contributed by atoms with E-state index >= 15 is 0 Å². The van der Waals surface area contributed by atoms with Crippen molar-refractivity contribution in [3.8, 4) is 5.75 Å². The first kappa shape index (κ1) is 10.1. The van der Waals surface area contributed by atoms with E-state index < -0.39 is 0 Å². The van der Waals surface area contributed by atoms with Crippen molar-refractivity contribution >= 4 is 12.4 Å². The molecule has 0 bridgehead atoms. The molecule has 1 rings (SSSR count). The minimum absolute atomic E-state index is 0.0983. The van der Waals surface area contributed by atoms with E-state index in [2.05, 4.69) is 0 Å². The van der Waals surface area contributed by atoms with E-state index in [1.165, 1.54) is 0 Å². The number of rotatable bonds is 4. The summed E-state index contributed by atoms with van der Waals surface area (Å²) in [6, 6.07) is 7.93. The molecule has 0 unspecified atom stereocenters. The minimum Gasteiger partial charge on any atom is -0.497 e. The van der Waals surface area contributed by atoms with Crippen LogP contribution in [0.5, 0.6) is 5.75 Å². The third-order valence-corrected chi connectivity index (χ3v) is 1.99. The van der Waals surface area contributed by atoms with Crippen LogP contribution in [-0.4, -0.2) is 20.6 Å². The number of hydrogen-bond acceptors (Lipinski definition) is 2. The van der Waals surface area contributed by atoms with Crippen molar-refractivity contribution < 1.29 is 9.39 Å². The second kappa shape index (κ2) is 4.92. The van der Waals surface area contributed by atoms with E-state index in [1.54, 1.807) is 7.11 Å². The van der Waals surface area contributed by atoms with Gasteiger partial charge in [-0.1, -0.05) is 25.0 Å². The van der Waals surface area contributed by atoms with Gasteiger partial charge in [0.25, 0.3) is 0 Å². The molecule has 0 heterocycles. The van der Waals surface area contributed by atoms with E-state index in [4.69, 9.17) is 9.39 Å². The quantitative estimate of drug-likeness (QED) is 0.651. The summed E-state index contributed by atoms with van der Waals surface area (Å²) in [4.78, 5) is 0. The minimum atomic E-state index is 0.0983. The summed E-state index contributed by atoms with van der Waals surface area (Å²) >= 11 is 0. The summed E-state index contributed by atoms with van der Waals surface area (Å²) in [5.74, 6) is 0.892. The fourth-order valence-corrected chi connectivity index (χ4v) is 1.34.